The molecule has 0 unspecified atom stereocenters. The Morgan fingerprint density at radius 3 is 3.11 bits per heavy atom. The van der Waals surface area contributed by atoms with Gasteiger partial charge in [-0.3, -0.25) is 0 Å². The molecule has 0 aromatic carbocycles. The van der Waals surface area contributed by atoms with Gasteiger partial charge in [-0.1, -0.05) is 17.3 Å². The fourth-order valence-electron chi connectivity index (χ4n) is 1.13. The predicted molar refractivity (Wildman–Crippen MR) is 37.1 cm³/mol. The van der Waals surface area contributed by atoms with E-state index in [0.717, 1.165) is 6.42 Å². The predicted octanol–water partition coefficient (Wildman–Crippen LogP) is 2.11. The number of nitrogens with zero attached hydrogens (tertiary/aromatic N) is 1. The van der Waals surface area contributed by atoms with Gasteiger partial charge in [0.2, 0.25) is 0 Å². The summed E-state index contributed by atoms with van der Waals surface area (Å²) in [6, 6.07) is 0. The molecule has 1 aliphatic rings. The van der Waals surface area contributed by atoms with E-state index in [1.165, 1.54) is 12.8 Å². The van der Waals surface area contributed by atoms with Crippen molar-refractivity contribution in [1.82, 2.24) is 0 Å². The molecule has 0 aromatic rings. The number of allylic oxidation sites excluding steroid dienone is 1. The van der Waals surface area contributed by atoms with Crippen LogP contribution in [0.4, 0.5) is 0 Å². The third-order valence-corrected chi connectivity index (χ3v) is 1.66. The molecule has 0 saturated carbocycles. The van der Waals surface area contributed by atoms with Gasteiger partial charge in [0.1, 0.15) is 0 Å². The zero-order chi connectivity index (χ0) is 6.53. The molecule has 1 atom stereocenters. The average Bonchev–Trinajstić information content (AvgIpc) is 1.91. The van der Waals surface area contributed by atoms with E-state index in [-0.39, 0.29) is 0 Å². The Morgan fingerprint density at radius 2 is 2.56 bits per heavy atom. The van der Waals surface area contributed by atoms with E-state index in [9.17, 15) is 4.91 Å². The Hall–Kier alpha value is -0.660. The molecule has 9 heavy (non-hydrogen) atoms. The lowest BCUT2D eigenvalue weighted by Crippen LogP contribution is -2.03. The van der Waals surface area contributed by atoms with Crippen LogP contribution in [-0.2, 0) is 0 Å². The average molecular weight is 125 g/mol. The molecule has 0 fully saturated rings. The first-order valence-corrected chi connectivity index (χ1v) is 3.39. The van der Waals surface area contributed by atoms with Crippen molar-refractivity contribution in [2.24, 2.45) is 11.1 Å². The van der Waals surface area contributed by atoms with Crippen LogP contribution in [0.15, 0.2) is 17.3 Å². The second kappa shape index (κ2) is 3.38. The molecule has 0 aliphatic heterocycles. The summed E-state index contributed by atoms with van der Waals surface area (Å²) in [4.78, 5) is 9.79. The largest absolute Gasteiger partial charge is 0.151 e. The van der Waals surface area contributed by atoms with Crippen molar-refractivity contribution < 1.29 is 0 Å². The number of rotatable bonds is 2. The van der Waals surface area contributed by atoms with Gasteiger partial charge in [0.15, 0.2) is 0 Å². The van der Waals surface area contributed by atoms with Crippen molar-refractivity contribution in [1.29, 1.82) is 0 Å². The maximum Gasteiger partial charge on any atom is 0.0873 e. The molecule has 1 aliphatic carbocycles. The summed E-state index contributed by atoms with van der Waals surface area (Å²) < 4.78 is 0. The van der Waals surface area contributed by atoms with Gasteiger partial charge in [-0.2, -0.15) is 4.91 Å². The molecular formula is C7H11NO. The van der Waals surface area contributed by atoms with Crippen LogP contribution in [0.25, 0.3) is 0 Å². The summed E-state index contributed by atoms with van der Waals surface area (Å²) in [5, 5.41) is 2.86. The van der Waals surface area contributed by atoms with Gasteiger partial charge < -0.3 is 0 Å². The van der Waals surface area contributed by atoms with Crippen molar-refractivity contribution in [2.45, 2.75) is 19.3 Å². The molecule has 0 radical (unpaired) electrons. The first-order valence-electron chi connectivity index (χ1n) is 3.39. The summed E-state index contributed by atoms with van der Waals surface area (Å²) in [6.45, 7) is 0.469. The monoisotopic (exact) mass is 125 g/mol. The topological polar surface area (TPSA) is 29.4 Å². The van der Waals surface area contributed by atoms with Crippen molar-refractivity contribution in [2.75, 3.05) is 6.54 Å². The van der Waals surface area contributed by atoms with Gasteiger partial charge in [0.25, 0.3) is 0 Å². The fourth-order valence-corrected chi connectivity index (χ4v) is 1.13. The molecule has 0 bridgehead atoms. The highest BCUT2D eigenvalue weighted by Crippen LogP contribution is 2.16. The molecule has 2 nitrogen and oxygen atoms in total. The Morgan fingerprint density at radius 1 is 1.67 bits per heavy atom. The number of hydrogen-bond donors (Lipinski definition) is 0. The molecule has 0 heterocycles. The summed E-state index contributed by atoms with van der Waals surface area (Å²) in [5.41, 5.74) is 0. The van der Waals surface area contributed by atoms with E-state index < -0.39 is 0 Å². The Bertz CT molecular complexity index is 120. The lowest BCUT2D eigenvalue weighted by atomic mass is 9.96. The molecule has 1 rings (SSSR count). The molecule has 2 heteroatoms. The Labute approximate surface area is 54.9 Å². The molecule has 0 aromatic heterocycles. The van der Waals surface area contributed by atoms with Crippen LogP contribution in [0.1, 0.15) is 19.3 Å². The van der Waals surface area contributed by atoms with Crippen LogP contribution in [0.5, 0.6) is 0 Å². The van der Waals surface area contributed by atoms with Crippen LogP contribution < -0.4 is 0 Å². The van der Waals surface area contributed by atoms with E-state index in [0.29, 0.717) is 12.5 Å². The smallest absolute Gasteiger partial charge is 0.0873 e. The minimum Gasteiger partial charge on any atom is -0.151 e. The molecule has 0 saturated heterocycles. The minimum absolute atomic E-state index is 0.441. The van der Waals surface area contributed by atoms with Gasteiger partial charge >= 0.3 is 0 Å². The van der Waals surface area contributed by atoms with Crippen molar-refractivity contribution in [3.63, 3.8) is 0 Å². The van der Waals surface area contributed by atoms with E-state index in [4.69, 9.17) is 0 Å². The van der Waals surface area contributed by atoms with E-state index in [2.05, 4.69) is 17.3 Å². The quantitative estimate of drug-likeness (QED) is 0.410. The van der Waals surface area contributed by atoms with Gasteiger partial charge in [-0.05, 0) is 25.2 Å². The van der Waals surface area contributed by atoms with Crippen LogP contribution in [-0.4, -0.2) is 6.54 Å². The second-order valence-electron chi connectivity index (χ2n) is 2.43. The first-order chi connectivity index (χ1) is 4.43. The van der Waals surface area contributed by atoms with Crippen LogP contribution >= 0.6 is 0 Å². The second-order valence-corrected chi connectivity index (χ2v) is 2.43. The normalized spacial score (nSPS) is 26.0. The molecule has 50 valence electrons. The zero-order valence-electron chi connectivity index (χ0n) is 5.42. The summed E-state index contributed by atoms with van der Waals surface area (Å²) in [7, 11) is 0. The van der Waals surface area contributed by atoms with Gasteiger partial charge in [-0.25, -0.2) is 0 Å². The zero-order valence-corrected chi connectivity index (χ0v) is 5.42. The number of nitroso groups, excluding NO2 is 1. The minimum atomic E-state index is 0.441. The third-order valence-electron chi connectivity index (χ3n) is 1.66. The maximum atomic E-state index is 9.79. The summed E-state index contributed by atoms with van der Waals surface area (Å²) in [5.74, 6) is 0.441. The summed E-state index contributed by atoms with van der Waals surface area (Å²) >= 11 is 0. The van der Waals surface area contributed by atoms with Crippen LogP contribution in [0, 0.1) is 10.8 Å². The van der Waals surface area contributed by atoms with Crippen molar-refractivity contribution in [3.05, 3.63) is 17.1 Å². The van der Waals surface area contributed by atoms with Gasteiger partial charge in [0, 0.05) is 0 Å². The highest BCUT2D eigenvalue weighted by molar-refractivity contribution is 4.93. The van der Waals surface area contributed by atoms with Gasteiger partial charge in [-0.15, -0.1) is 0 Å². The van der Waals surface area contributed by atoms with E-state index in [1.807, 2.05) is 0 Å². The summed E-state index contributed by atoms with van der Waals surface area (Å²) in [6.07, 6.45) is 7.78. The van der Waals surface area contributed by atoms with Crippen LogP contribution in [0.3, 0.4) is 0 Å². The third kappa shape index (κ3) is 1.96. The van der Waals surface area contributed by atoms with E-state index >= 15 is 0 Å². The van der Waals surface area contributed by atoms with Crippen LogP contribution in [0.2, 0.25) is 0 Å². The standard InChI is InChI=1S/C7H11NO/c9-8-6-7-4-2-1-3-5-7/h2,4,7H,1,3,5-6H2/t7-/m1/s1. The molecule has 0 amide bonds. The first kappa shape index (κ1) is 6.46. The Kier molecular flexibility index (Phi) is 2.43. The highest BCUT2D eigenvalue weighted by Gasteiger charge is 2.06. The Balaban J connectivity index is 2.31. The fraction of sp³-hybridized carbons (Fsp3) is 0.714. The lowest BCUT2D eigenvalue weighted by molar-refractivity contribution is 0.550. The maximum absolute atomic E-state index is 9.79. The molecule has 0 N–H and O–H groups in total. The molecule has 0 spiro atoms. The SMILES string of the molecule is O=NC[C@@H]1C=CCCC1. The number of hydrogen-bond acceptors (Lipinski definition) is 2. The molecular weight excluding hydrogens is 114 g/mol. The van der Waals surface area contributed by atoms with E-state index in [1.54, 1.807) is 0 Å². The van der Waals surface area contributed by atoms with Crippen molar-refractivity contribution >= 4 is 0 Å². The van der Waals surface area contributed by atoms with Crippen molar-refractivity contribution in [3.8, 4) is 0 Å². The highest BCUT2D eigenvalue weighted by atomic mass is 16.3. The van der Waals surface area contributed by atoms with Gasteiger partial charge in [0.05, 0.1) is 6.54 Å². The lowest BCUT2D eigenvalue weighted by Gasteiger charge is -2.10.